The Labute approximate surface area is 144 Å². The number of nitrogens with one attached hydrogen (secondary N) is 2. The minimum absolute atomic E-state index is 0.638. The Kier molecular flexibility index (Phi) is 5.10. The maximum atomic E-state index is 5.45. The minimum atomic E-state index is 0.638. The van der Waals surface area contributed by atoms with E-state index in [-0.39, 0.29) is 0 Å². The molecule has 1 aliphatic rings. The quantitative estimate of drug-likeness (QED) is 0.798. The van der Waals surface area contributed by atoms with Crippen molar-refractivity contribution in [2.45, 2.75) is 45.3 Å². The topological polar surface area (TPSA) is 38.0 Å². The largest absolute Gasteiger partial charge is 0.314 e. The zero-order valence-corrected chi connectivity index (χ0v) is 15.2. The van der Waals surface area contributed by atoms with Crippen molar-refractivity contribution < 1.29 is 4.90 Å². The second kappa shape index (κ2) is 7.06. The fraction of sp³-hybridized carbons (Fsp3) is 0.500. The van der Waals surface area contributed by atoms with Crippen molar-refractivity contribution >= 4 is 28.1 Å². The smallest absolute Gasteiger partial charge is 0.221 e. The number of aromatic nitrogens is 3. The van der Waals surface area contributed by atoms with Crippen LogP contribution >= 0.6 is 28.1 Å². The molecule has 1 saturated heterocycles. The highest BCUT2D eigenvalue weighted by Gasteiger charge is 2.25. The summed E-state index contributed by atoms with van der Waals surface area (Å²) >= 11 is 9.03. The summed E-state index contributed by atoms with van der Waals surface area (Å²) < 4.78 is 3.69. The highest BCUT2D eigenvalue weighted by Crippen LogP contribution is 2.24. The first-order valence-electron chi connectivity index (χ1n) is 7.95. The summed E-state index contributed by atoms with van der Waals surface area (Å²) in [6.45, 7) is 4.40. The molecule has 2 heterocycles. The molecular weight excluding hydrogens is 360 g/mol. The number of aromatic amines is 1. The number of rotatable bonds is 4. The molecule has 0 aliphatic carbocycles. The van der Waals surface area contributed by atoms with E-state index in [0.717, 1.165) is 28.6 Å². The van der Waals surface area contributed by atoms with Gasteiger partial charge in [-0.3, -0.25) is 5.10 Å². The van der Waals surface area contributed by atoms with Gasteiger partial charge in [0.05, 0.1) is 12.6 Å². The molecule has 1 aliphatic heterocycles. The number of halogens is 1. The van der Waals surface area contributed by atoms with Crippen molar-refractivity contribution in [2.75, 3.05) is 6.54 Å². The molecular formula is C16H22BrN4S+. The highest BCUT2D eigenvalue weighted by atomic mass is 79.9. The normalized spacial score (nSPS) is 21.9. The number of hydrogen-bond donors (Lipinski definition) is 2. The number of quaternary nitrogens is 1. The van der Waals surface area contributed by atoms with Crippen molar-refractivity contribution in [3.05, 3.63) is 33.5 Å². The number of nitrogens with zero attached hydrogens (tertiary/aromatic N) is 2. The standard InChI is InChI=1S/C16H21BrN4S/c1-2-12-7-5-6-10-20(12)11-21-16(22)18-15(19-21)13-8-3-4-9-14(13)17/h3-4,8-9,12H,2,5-7,10-11H2,1H3,(H,18,19,22)/p+1/t12-/m1/s1. The number of piperidine rings is 1. The van der Waals surface area contributed by atoms with Crippen molar-refractivity contribution in [3.8, 4) is 11.4 Å². The van der Waals surface area contributed by atoms with E-state index in [2.05, 4.69) is 32.9 Å². The summed E-state index contributed by atoms with van der Waals surface area (Å²) in [6, 6.07) is 8.83. The SMILES string of the molecule is CC[C@@H]1CCCC[NH+]1Cn1[nH]c(-c2ccccc2Br)nc1=S. The first kappa shape index (κ1) is 15.9. The average molecular weight is 382 g/mol. The predicted molar refractivity (Wildman–Crippen MR) is 94.3 cm³/mol. The van der Waals surface area contributed by atoms with Gasteiger partial charge >= 0.3 is 0 Å². The molecule has 3 rings (SSSR count). The maximum absolute atomic E-state index is 5.45. The van der Waals surface area contributed by atoms with Gasteiger partial charge in [0, 0.05) is 10.0 Å². The van der Waals surface area contributed by atoms with Crippen LogP contribution in [0.2, 0.25) is 0 Å². The Morgan fingerprint density at radius 3 is 3.00 bits per heavy atom. The van der Waals surface area contributed by atoms with Gasteiger partial charge in [0.15, 0.2) is 12.5 Å². The summed E-state index contributed by atoms with van der Waals surface area (Å²) in [5, 5.41) is 3.38. The van der Waals surface area contributed by atoms with Crippen LogP contribution in [0.25, 0.3) is 11.4 Å². The van der Waals surface area contributed by atoms with Gasteiger partial charge in [-0.2, -0.15) is 4.98 Å². The van der Waals surface area contributed by atoms with Crippen LogP contribution in [-0.2, 0) is 6.67 Å². The summed E-state index contributed by atoms with van der Waals surface area (Å²) in [4.78, 5) is 6.15. The molecule has 2 aromatic rings. The van der Waals surface area contributed by atoms with Gasteiger partial charge < -0.3 is 4.90 Å². The van der Waals surface area contributed by atoms with Crippen LogP contribution in [0.4, 0.5) is 0 Å². The van der Waals surface area contributed by atoms with Gasteiger partial charge in [-0.15, -0.1) is 0 Å². The zero-order chi connectivity index (χ0) is 15.5. The Bertz CT molecular complexity index is 693. The average Bonchev–Trinajstić information content (AvgIpc) is 2.89. The minimum Gasteiger partial charge on any atom is -0.314 e. The third-order valence-corrected chi connectivity index (χ3v) is 5.54. The van der Waals surface area contributed by atoms with Crippen molar-refractivity contribution in [1.29, 1.82) is 0 Å². The highest BCUT2D eigenvalue weighted by molar-refractivity contribution is 9.10. The van der Waals surface area contributed by atoms with E-state index in [4.69, 9.17) is 12.2 Å². The molecule has 2 N–H and O–H groups in total. The van der Waals surface area contributed by atoms with Crippen LogP contribution in [0.1, 0.15) is 32.6 Å². The van der Waals surface area contributed by atoms with E-state index in [1.807, 2.05) is 28.9 Å². The molecule has 4 nitrogen and oxygen atoms in total. The van der Waals surface area contributed by atoms with Crippen molar-refractivity contribution in [3.63, 3.8) is 0 Å². The van der Waals surface area contributed by atoms with Crippen LogP contribution < -0.4 is 4.90 Å². The third kappa shape index (κ3) is 3.34. The third-order valence-electron chi connectivity index (χ3n) is 4.54. The zero-order valence-electron chi connectivity index (χ0n) is 12.8. The van der Waals surface area contributed by atoms with Crippen molar-refractivity contribution in [1.82, 2.24) is 14.8 Å². The molecule has 118 valence electrons. The van der Waals surface area contributed by atoms with Crippen molar-refractivity contribution in [2.24, 2.45) is 0 Å². The summed E-state index contributed by atoms with van der Waals surface area (Å²) in [6.07, 6.45) is 5.22. The molecule has 1 unspecified atom stereocenters. The fourth-order valence-corrected chi connectivity index (χ4v) is 3.97. The van der Waals surface area contributed by atoms with E-state index in [1.54, 1.807) is 4.90 Å². The Balaban J connectivity index is 1.84. The summed E-state index contributed by atoms with van der Waals surface area (Å²) in [5.74, 6) is 0.835. The van der Waals surface area contributed by atoms with Gasteiger partial charge in [-0.1, -0.05) is 41.1 Å². The second-order valence-corrected chi connectivity index (χ2v) is 7.15. The van der Waals surface area contributed by atoms with Gasteiger partial charge in [-0.05, 0) is 44.0 Å². The van der Waals surface area contributed by atoms with Crippen LogP contribution in [0, 0.1) is 4.77 Å². The second-order valence-electron chi connectivity index (χ2n) is 5.93. The molecule has 0 spiro atoms. The molecule has 1 aromatic heterocycles. The van der Waals surface area contributed by atoms with E-state index in [9.17, 15) is 0 Å². The molecule has 1 fully saturated rings. The number of benzene rings is 1. The molecule has 1 aromatic carbocycles. The lowest BCUT2D eigenvalue weighted by molar-refractivity contribution is -0.953. The maximum Gasteiger partial charge on any atom is 0.221 e. The van der Waals surface area contributed by atoms with E-state index < -0.39 is 0 Å². The monoisotopic (exact) mass is 381 g/mol. The lowest BCUT2D eigenvalue weighted by Crippen LogP contribution is -3.15. The first-order chi connectivity index (χ1) is 10.7. The number of H-pyrrole nitrogens is 1. The predicted octanol–water partition coefficient (Wildman–Crippen LogP) is 3.18. The fourth-order valence-electron chi connectivity index (χ4n) is 3.29. The first-order valence-corrected chi connectivity index (χ1v) is 9.15. The molecule has 0 radical (unpaired) electrons. The number of hydrogen-bond acceptors (Lipinski definition) is 2. The Morgan fingerprint density at radius 2 is 2.23 bits per heavy atom. The lowest BCUT2D eigenvalue weighted by atomic mass is 10.0. The van der Waals surface area contributed by atoms with Crippen LogP contribution in [0.15, 0.2) is 28.7 Å². The van der Waals surface area contributed by atoms with Crippen LogP contribution in [-0.4, -0.2) is 27.4 Å². The van der Waals surface area contributed by atoms with E-state index in [1.165, 1.54) is 32.2 Å². The summed E-state index contributed by atoms with van der Waals surface area (Å²) in [7, 11) is 0. The van der Waals surface area contributed by atoms with Gasteiger partial charge in [-0.25, -0.2) is 4.68 Å². The molecule has 6 heteroatoms. The Morgan fingerprint density at radius 1 is 1.41 bits per heavy atom. The number of likely N-dealkylation sites (tertiary alicyclic amines) is 1. The Hall–Kier alpha value is -0.980. The van der Waals surface area contributed by atoms with Gasteiger partial charge in [0.25, 0.3) is 0 Å². The molecule has 22 heavy (non-hydrogen) atoms. The molecule has 0 saturated carbocycles. The lowest BCUT2D eigenvalue weighted by Gasteiger charge is -2.31. The van der Waals surface area contributed by atoms with Crippen LogP contribution in [0.5, 0.6) is 0 Å². The molecule has 2 atom stereocenters. The van der Waals surface area contributed by atoms with Gasteiger partial charge in [0.2, 0.25) is 4.77 Å². The van der Waals surface area contributed by atoms with E-state index in [0.29, 0.717) is 4.77 Å². The van der Waals surface area contributed by atoms with Crippen LogP contribution in [0.3, 0.4) is 0 Å². The molecule has 0 amide bonds. The van der Waals surface area contributed by atoms with Gasteiger partial charge in [0.1, 0.15) is 0 Å². The molecule has 0 bridgehead atoms. The van der Waals surface area contributed by atoms with E-state index >= 15 is 0 Å². The summed E-state index contributed by atoms with van der Waals surface area (Å²) in [5.41, 5.74) is 1.05.